The zero-order chi connectivity index (χ0) is 22.5. The van der Waals surface area contributed by atoms with Gasteiger partial charge in [0.25, 0.3) is 5.91 Å². The van der Waals surface area contributed by atoms with Gasteiger partial charge in [0.1, 0.15) is 0 Å². The van der Waals surface area contributed by atoms with E-state index in [4.69, 9.17) is 20.0 Å². The van der Waals surface area contributed by atoms with Crippen LogP contribution < -0.4 is 4.90 Å². The van der Waals surface area contributed by atoms with Crippen LogP contribution >= 0.6 is 0 Å². The van der Waals surface area contributed by atoms with E-state index in [2.05, 4.69) is 17.9 Å². The third-order valence-corrected chi connectivity index (χ3v) is 6.34. The van der Waals surface area contributed by atoms with E-state index in [1.807, 2.05) is 36.1 Å². The third kappa shape index (κ3) is 4.61. The molecule has 0 bridgehead atoms. The Balaban J connectivity index is 1.70. The smallest absolute Gasteiger partial charge is 0.254 e. The molecule has 0 unspecified atom stereocenters. The number of nitriles is 1. The summed E-state index contributed by atoms with van der Waals surface area (Å²) in [6.45, 7) is 7.83. The van der Waals surface area contributed by atoms with Gasteiger partial charge in [0, 0.05) is 42.5 Å². The highest BCUT2D eigenvalue weighted by Gasteiger charge is 2.29. The van der Waals surface area contributed by atoms with Crippen molar-refractivity contribution in [2.24, 2.45) is 0 Å². The normalized spacial score (nSPS) is 18.6. The average molecular weight is 434 g/mol. The fraction of sp³-hybridized carbons (Fsp3) is 0.520. The number of morpholine rings is 1. The van der Waals surface area contributed by atoms with Gasteiger partial charge in [-0.2, -0.15) is 5.26 Å². The van der Waals surface area contributed by atoms with E-state index in [0.29, 0.717) is 31.7 Å². The van der Waals surface area contributed by atoms with Crippen LogP contribution in [0.5, 0.6) is 0 Å². The number of rotatable bonds is 6. The largest absolute Gasteiger partial charge is 0.378 e. The van der Waals surface area contributed by atoms with Crippen molar-refractivity contribution in [3.63, 3.8) is 0 Å². The van der Waals surface area contributed by atoms with Crippen molar-refractivity contribution >= 4 is 11.9 Å². The van der Waals surface area contributed by atoms with Crippen molar-refractivity contribution in [3.8, 4) is 17.3 Å². The van der Waals surface area contributed by atoms with Gasteiger partial charge < -0.3 is 14.5 Å². The third-order valence-electron chi connectivity index (χ3n) is 6.34. The standard InChI is InChI=1S/C25H31N5O2/c1-3-6-22-18(2)27-25(29-13-15-32-16-14-29)28-23(22)19-7-4-8-20(17-19)24(31)30-12-5-9-21(30)10-11-26/h4,7-8,17,21H,3,5-6,9-10,12-16H2,1-2H3/t21-/m1/s1. The highest BCUT2D eigenvalue weighted by Crippen LogP contribution is 2.29. The number of ether oxygens (including phenoxy) is 1. The number of likely N-dealkylation sites (tertiary alicyclic amines) is 1. The van der Waals surface area contributed by atoms with Crippen molar-refractivity contribution < 1.29 is 9.53 Å². The zero-order valence-electron chi connectivity index (χ0n) is 19.0. The predicted octanol–water partition coefficient (Wildman–Crippen LogP) is 3.76. The minimum Gasteiger partial charge on any atom is -0.378 e. The minimum atomic E-state index is 0.000761. The van der Waals surface area contributed by atoms with Crippen molar-refractivity contribution in [1.82, 2.24) is 14.9 Å². The molecule has 2 fully saturated rings. The van der Waals surface area contributed by atoms with Gasteiger partial charge >= 0.3 is 0 Å². The lowest BCUT2D eigenvalue weighted by Crippen LogP contribution is -2.37. The van der Waals surface area contributed by atoms with Crippen LogP contribution in [0.2, 0.25) is 0 Å². The Bertz CT molecular complexity index is 1010. The summed E-state index contributed by atoms with van der Waals surface area (Å²) in [5.74, 6) is 0.729. The van der Waals surface area contributed by atoms with Crippen LogP contribution in [0.15, 0.2) is 24.3 Å². The molecule has 0 spiro atoms. The van der Waals surface area contributed by atoms with Gasteiger partial charge in [-0.25, -0.2) is 9.97 Å². The fourth-order valence-electron chi connectivity index (χ4n) is 4.66. The van der Waals surface area contributed by atoms with Gasteiger partial charge in [-0.15, -0.1) is 0 Å². The van der Waals surface area contributed by atoms with Gasteiger partial charge in [0.15, 0.2) is 0 Å². The monoisotopic (exact) mass is 433 g/mol. The lowest BCUT2D eigenvalue weighted by Gasteiger charge is -2.28. The van der Waals surface area contributed by atoms with Gasteiger partial charge in [0.05, 0.1) is 31.4 Å². The van der Waals surface area contributed by atoms with E-state index in [-0.39, 0.29) is 11.9 Å². The summed E-state index contributed by atoms with van der Waals surface area (Å²) in [5, 5.41) is 9.12. The first-order valence-corrected chi connectivity index (χ1v) is 11.6. The fourth-order valence-corrected chi connectivity index (χ4v) is 4.66. The Morgan fingerprint density at radius 1 is 1.25 bits per heavy atom. The molecule has 1 aromatic heterocycles. The molecule has 3 heterocycles. The maximum absolute atomic E-state index is 13.3. The summed E-state index contributed by atoms with van der Waals surface area (Å²) in [4.78, 5) is 27.1. The molecule has 4 rings (SSSR count). The second-order valence-corrected chi connectivity index (χ2v) is 8.52. The number of nitrogens with zero attached hydrogens (tertiary/aromatic N) is 5. The molecule has 7 heteroatoms. The molecule has 0 N–H and O–H groups in total. The number of anilines is 1. The number of hydrogen-bond donors (Lipinski definition) is 0. The molecule has 2 aliphatic heterocycles. The molecule has 1 atom stereocenters. The van der Waals surface area contributed by atoms with Crippen LogP contribution in [0, 0.1) is 18.3 Å². The van der Waals surface area contributed by atoms with E-state index in [9.17, 15) is 4.79 Å². The number of carbonyl (C=O) groups is 1. The van der Waals surface area contributed by atoms with Crippen LogP contribution in [-0.4, -0.2) is 59.7 Å². The van der Waals surface area contributed by atoms with Crippen LogP contribution in [0.1, 0.15) is 54.2 Å². The Kier molecular flexibility index (Phi) is 7.01. The van der Waals surface area contributed by atoms with Gasteiger partial charge in [-0.3, -0.25) is 4.79 Å². The molecule has 2 saturated heterocycles. The number of aromatic nitrogens is 2. The molecule has 32 heavy (non-hydrogen) atoms. The summed E-state index contributed by atoms with van der Waals surface area (Å²) >= 11 is 0. The first kappa shape index (κ1) is 22.2. The van der Waals surface area contributed by atoms with Crippen LogP contribution in [0.4, 0.5) is 5.95 Å². The van der Waals surface area contributed by atoms with Crippen LogP contribution in [0.25, 0.3) is 11.3 Å². The summed E-state index contributed by atoms with van der Waals surface area (Å²) < 4.78 is 5.49. The zero-order valence-corrected chi connectivity index (χ0v) is 19.0. The number of aryl methyl sites for hydroxylation is 1. The molecule has 168 valence electrons. The number of carbonyl (C=O) groups excluding carboxylic acids is 1. The Morgan fingerprint density at radius 2 is 2.06 bits per heavy atom. The lowest BCUT2D eigenvalue weighted by molar-refractivity contribution is 0.0739. The van der Waals surface area contributed by atoms with Gasteiger partial charge in [-0.1, -0.05) is 25.5 Å². The van der Waals surface area contributed by atoms with E-state index in [0.717, 1.165) is 67.2 Å². The number of hydrogen-bond acceptors (Lipinski definition) is 6. The highest BCUT2D eigenvalue weighted by atomic mass is 16.5. The molecule has 0 aliphatic carbocycles. The van der Waals surface area contributed by atoms with Crippen LogP contribution in [-0.2, 0) is 11.2 Å². The first-order valence-electron chi connectivity index (χ1n) is 11.6. The lowest BCUT2D eigenvalue weighted by atomic mass is 9.99. The SMILES string of the molecule is CCCc1c(C)nc(N2CCOCC2)nc1-c1cccc(C(=O)N2CCC[C@@H]2CC#N)c1. The van der Waals surface area contributed by atoms with E-state index in [1.165, 1.54) is 0 Å². The maximum Gasteiger partial charge on any atom is 0.254 e. The van der Waals surface area contributed by atoms with Crippen molar-refractivity contribution in [3.05, 3.63) is 41.1 Å². The Labute approximate surface area is 190 Å². The quantitative estimate of drug-likeness (QED) is 0.690. The van der Waals surface area contributed by atoms with Crippen molar-refractivity contribution in [2.75, 3.05) is 37.7 Å². The van der Waals surface area contributed by atoms with E-state index >= 15 is 0 Å². The molecular weight excluding hydrogens is 402 g/mol. The average Bonchev–Trinajstić information content (AvgIpc) is 3.29. The van der Waals surface area contributed by atoms with Crippen molar-refractivity contribution in [2.45, 2.75) is 52.0 Å². The Hall–Kier alpha value is -2.98. The summed E-state index contributed by atoms with van der Waals surface area (Å²) in [6, 6.07) is 10.0. The molecule has 1 aromatic carbocycles. The second kappa shape index (κ2) is 10.1. The molecule has 1 amide bonds. The van der Waals surface area contributed by atoms with Gasteiger partial charge in [-0.05, 0) is 43.9 Å². The van der Waals surface area contributed by atoms with Gasteiger partial charge in [0.2, 0.25) is 5.95 Å². The molecule has 2 aliphatic rings. The highest BCUT2D eigenvalue weighted by molar-refractivity contribution is 5.96. The summed E-state index contributed by atoms with van der Waals surface area (Å²) in [5.41, 5.74) is 4.63. The number of amides is 1. The molecule has 0 saturated carbocycles. The summed E-state index contributed by atoms with van der Waals surface area (Å²) in [6.07, 6.45) is 4.12. The number of benzene rings is 1. The molecular formula is C25H31N5O2. The van der Waals surface area contributed by atoms with E-state index < -0.39 is 0 Å². The summed E-state index contributed by atoms with van der Waals surface area (Å²) in [7, 11) is 0. The minimum absolute atomic E-state index is 0.000761. The molecule has 2 aromatic rings. The topological polar surface area (TPSA) is 82.3 Å². The predicted molar refractivity (Wildman–Crippen MR) is 124 cm³/mol. The molecule has 0 radical (unpaired) electrons. The molecule has 7 nitrogen and oxygen atoms in total. The van der Waals surface area contributed by atoms with Crippen LogP contribution in [0.3, 0.4) is 0 Å². The Morgan fingerprint density at radius 3 is 2.81 bits per heavy atom. The van der Waals surface area contributed by atoms with Crippen molar-refractivity contribution in [1.29, 1.82) is 5.26 Å². The maximum atomic E-state index is 13.3. The van der Waals surface area contributed by atoms with E-state index in [1.54, 1.807) is 0 Å². The second-order valence-electron chi connectivity index (χ2n) is 8.52. The first-order chi connectivity index (χ1) is 15.6.